The Morgan fingerprint density at radius 2 is 0.654 bits per heavy atom. The number of carbonyl (C=O) groups is 4. The molecule has 6 atom stereocenters. The van der Waals surface area contributed by atoms with Crippen molar-refractivity contribution in [3.63, 3.8) is 0 Å². The third kappa shape index (κ3) is 52.2. The molecule has 0 heterocycles. The average molecular weight is 1160 g/mol. The standard InChI is InChI=1S/C59H114O17P2/c1-7-10-12-14-16-17-24-31-37-43-58(63)75-54(47-69-56(61)41-35-29-21-15-13-11-8-2)49-73-77(65,66)71-45-53(60)46-72-78(67,68)74-50-55(48-70-57(62)42-36-30-26-20-22-27-33-39-51(4)5)76-59(64)44-38-32-25-19-18-23-28-34-40-52(6)9-3/h51-55,60H,7-50H2,1-6H3,(H,65,66)(H,67,68)/t52?,53-,54+,55+/m0/s1. The third-order valence-corrected chi connectivity index (χ3v) is 15.7. The number of rotatable bonds is 58. The number of aliphatic hydroxyl groups excluding tert-OH is 1. The molecule has 0 bridgehead atoms. The second-order valence-corrected chi connectivity index (χ2v) is 25.0. The number of ether oxygens (including phenoxy) is 4. The van der Waals surface area contributed by atoms with E-state index in [1.54, 1.807) is 0 Å². The van der Waals surface area contributed by atoms with E-state index in [1.165, 1.54) is 83.5 Å². The van der Waals surface area contributed by atoms with Crippen LogP contribution in [0.1, 0.15) is 286 Å². The highest BCUT2D eigenvalue weighted by atomic mass is 31.2. The molecule has 0 aromatic heterocycles. The lowest BCUT2D eigenvalue weighted by molar-refractivity contribution is -0.161. The highest BCUT2D eigenvalue weighted by Crippen LogP contribution is 2.45. The molecule has 0 fully saturated rings. The first-order valence-electron chi connectivity index (χ1n) is 31.0. The summed E-state index contributed by atoms with van der Waals surface area (Å²) in [7, 11) is -9.87. The maximum absolute atomic E-state index is 12.9. The zero-order valence-electron chi connectivity index (χ0n) is 50.0. The molecule has 0 radical (unpaired) electrons. The van der Waals surface area contributed by atoms with Crippen LogP contribution in [0.15, 0.2) is 0 Å². The fraction of sp³-hybridized carbons (Fsp3) is 0.932. The molecule has 0 saturated heterocycles. The summed E-state index contributed by atoms with van der Waals surface area (Å²) in [5, 5.41) is 10.5. The SMILES string of the molecule is CCCCCCCCCCCC(=O)O[C@H](COC(=O)CCCCCCCCC)COP(=O)(O)OC[C@H](O)COP(=O)(O)OC[C@@H](COC(=O)CCCCCCCCCC(C)C)OC(=O)CCCCCCCCCCC(C)CC. The first kappa shape index (κ1) is 76.1. The molecule has 0 aliphatic heterocycles. The Labute approximate surface area is 473 Å². The number of carbonyl (C=O) groups excluding carboxylic acids is 4. The van der Waals surface area contributed by atoms with E-state index in [-0.39, 0.29) is 25.7 Å². The van der Waals surface area contributed by atoms with E-state index >= 15 is 0 Å². The van der Waals surface area contributed by atoms with E-state index in [4.69, 9.17) is 37.0 Å². The predicted octanol–water partition coefficient (Wildman–Crippen LogP) is 15.7. The summed E-state index contributed by atoms with van der Waals surface area (Å²) >= 11 is 0. The van der Waals surface area contributed by atoms with Gasteiger partial charge >= 0.3 is 39.5 Å². The van der Waals surface area contributed by atoms with Gasteiger partial charge in [0.2, 0.25) is 0 Å². The first-order chi connectivity index (χ1) is 37.4. The van der Waals surface area contributed by atoms with Crippen LogP contribution in [0.5, 0.6) is 0 Å². The largest absolute Gasteiger partial charge is 0.472 e. The van der Waals surface area contributed by atoms with Crippen LogP contribution in [-0.4, -0.2) is 96.7 Å². The van der Waals surface area contributed by atoms with E-state index in [0.717, 1.165) is 115 Å². The zero-order valence-corrected chi connectivity index (χ0v) is 51.7. The van der Waals surface area contributed by atoms with Crippen LogP contribution in [-0.2, 0) is 65.4 Å². The Morgan fingerprint density at radius 1 is 0.372 bits per heavy atom. The lowest BCUT2D eigenvalue weighted by atomic mass is 9.99. The third-order valence-electron chi connectivity index (χ3n) is 13.8. The van der Waals surface area contributed by atoms with E-state index in [1.807, 2.05) is 0 Å². The molecule has 19 heteroatoms. The molecule has 0 rings (SSSR count). The molecule has 0 aromatic carbocycles. The summed E-state index contributed by atoms with van der Waals surface area (Å²) in [5.41, 5.74) is 0. The minimum Gasteiger partial charge on any atom is -0.462 e. The van der Waals surface area contributed by atoms with Crippen LogP contribution in [0.25, 0.3) is 0 Å². The number of hydrogen-bond acceptors (Lipinski definition) is 15. The molecule has 0 amide bonds. The van der Waals surface area contributed by atoms with Crippen molar-refractivity contribution in [1.82, 2.24) is 0 Å². The minimum atomic E-state index is -4.94. The van der Waals surface area contributed by atoms with Gasteiger partial charge in [0.25, 0.3) is 0 Å². The van der Waals surface area contributed by atoms with E-state index in [2.05, 4.69) is 41.5 Å². The Balaban J connectivity index is 5.22. The van der Waals surface area contributed by atoms with Crippen molar-refractivity contribution in [2.75, 3.05) is 39.6 Å². The Hall–Kier alpha value is -1.94. The maximum atomic E-state index is 12.9. The smallest absolute Gasteiger partial charge is 0.462 e. The normalized spacial score (nSPS) is 14.8. The van der Waals surface area contributed by atoms with Gasteiger partial charge in [-0.15, -0.1) is 0 Å². The van der Waals surface area contributed by atoms with Gasteiger partial charge in [0.1, 0.15) is 19.3 Å². The number of aliphatic hydroxyl groups is 1. The molecular weight excluding hydrogens is 1040 g/mol. The molecule has 0 aliphatic rings. The second kappa shape index (κ2) is 51.9. The molecule has 17 nitrogen and oxygen atoms in total. The van der Waals surface area contributed by atoms with Crippen molar-refractivity contribution in [3.8, 4) is 0 Å². The number of phosphoric ester groups is 2. The van der Waals surface area contributed by atoms with Crippen LogP contribution in [0.4, 0.5) is 0 Å². The van der Waals surface area contributed by atoms with Crippen molar-refractivity contribution in [1.29, 1.82) is 0 Å². The molecule has 78 heavy (non-hydrogen) atoms. The Kier molecular flexibility index (Phi) is 50.6. The quantitative estimate of drug-likeness (QED) is 0.0222. The zero-order chi connectivity index (χ0) is 58.0. The first-order valence-corrected chi connectivity index (χ1v) is 34.0. The number of phosphoric acid groups is 2. The fourth-order valence-corrected chi connectivity index (χ4v) is 10.2. The summed E-state index contributed by atoms with van der Waals surface area (Å²) in [5.74, 6) is -0.674. The highest BCUT2D eigenvalue weighted by Gasteiger charge is 2.30. The van der Waals surface area contributed by atoms with Crippen LogP contribution in [0.2, 0.25) is 0 Å². The van der Waals surface area contributed by atoms with Crippen LogP contribution in [0, 0.1) is 11.8 Å². The van der Waals surface area contributed by atoms with Gasteiger partial charge in [-0.05, 0) is 37.5 Å². The molecule has 0 saturated carbocycles. The Bertz CT molecular complexity index is 1550. The van der Waals surface area contributed by atoms with Crippen LogP contribution >= 0.6 is 15.6 Å². The van der Waals surface area contributed by atoms with Gasteiger partial charge < -0.3 is 33.8 Å². The minimum absolute atomic E-state index is 0.104. The molecular formula is C59H114O17P2. The molecule has 3 N–H and O–H groups in total. The van der Waals surface area contributed by atoms with Crippen molar-refractivity contribution in [2.24, 2.45) is 11.8 Å². The lowest BCUT2D eigenvalue weighted by Gasteiger charge is -2.21. The van der Waals surface area contributed by atoms with E-state index in [0.29, 0.717) is 31.6 Å². The van der Waals surface area contributed by atoms with Crippen molar-refractivity contribution in [3.05, 3.63) is 0 Å². The molecule has 0 spiro atoms. The summed E-state index contributed by atoms with van der Waals surface area (Å²) < 4.78 is 67.6. The Morgan fingerprint density at radius 3 is 0.974 bits per heavy atom. The van der Waals surface area contributed by atoms with Gasteiger partial charge in [-0.25, -0.2) is 9.13 Å². The number of esters is 4. The average Bonchev–Trinajstić information content (AvgIpc) is 3.40. The van der Waals surface area contributed by atoms with E-state index in [9.17, 15) is 43.2 Å². The lowest BCUT2D eigenvalue weighted by Crippen LogP contribution is -2.30. The van der Waals surface area contributed by atoms with Crippen LogP contribution < -0.4 is 0 Å². The van der Waals surface area contributed by atoms with Gasteiger partial charge in [0.05, 0.1) is 26.4 Å². The highest BCUT2D eigenvalue weighted by molar-refractivity contribution is 7.47. The second-order valence-electron chi connectivity index (χ2n) is 22.1. The van der Waals surface area contributed by atoms with Crippen molar-refractivity contribution in [2.45, 2.75) is 304 Å². The monoisotopic (exact) mass is 1160 g/mol. The maximum Gasteiger partial charge on any atom is 0.472 e. The molecule has 0 aliphatic carbocycles. The number of unbranched alkanes of at least 4 members (excludes halogenated alkanes) is 27. The van der Waals surface area contributed by atoms with Crippen molar-refractivity contribution < 1.29 is 80.2 Å². The van der Waals surface area contributed by atoms with Gasteiger partial charge in [-0.3, -0.25) is 37.3 Å². The summed E-state index contributed by atoms with van der Waals surface area (Å²) in [6.45, 7) is 9.34. The van der Waals surface area contributed by atoms with Gasteiger partial charge in [0, 0.05) is 25.7 Å². The summed E-state index contributed by atoms with van der Waals surface area (Å²) in [4.78, 5) is 71.8. The van der Waals surface area contributed by atoms with Gasteiger partial charge in [-0.1, -0.05) is 234 Å². The van der Waals surface area contributed by atoms with Crippen molar-refractivity contribution >= 4 is 39.5 Å². The molecule has 462 valence electrons. The van der Waals surface area contributed by atoms with Gasteiger partial charge in [-0.2, -0.15) is 0 Å². The fourth-order valence-electron chi connectivity index (χ4n) is 8.61. The van der Waals surface area contributed by atoms with Gasteiger partial charge in [0.15, 0.2) is 12.2 Å². The van der Waals surface area contributed by atoms with Crippen LogP contribution in [0.3, 0.4) is 0 Å². The molecule has 0 aromatic rings. The molecule has 3 unspecified atom stereocenters. The summed E-state index contributed by atoms with van der Waals surface area (Å²) in [6, 6.07) is 0. The van der Waals surface area contributed by atoms with E-state index < -0.39 is 97.5 Å². The number of hydrogen-bond donors (Lipinski definition) is 3. The topological polar surface area (TPSA) is 237 Å². The predicted molar refractivity (Wildman–Crippen MR) is 308 cm³/mol. The summed E-state index contributed by atoms with van der Waals surface area (Å²) in [6.07, 6.45) is 32.2.